The van der Waals surface area contributed by atoms with Gasteiger partial charge in [0.25, 0.3) is 0 Å². The van der Waals surface area contributed by atoms with Gasteiger partial charge < -0.3 is 10.2 Å². The van der Waals surface area contributed by atoms with Gasteiger partial charge in [-0.1, -0.05) is 32.6 Å². The Morgan fingerprint density at radius 1 is 1.19 bits per heavy atom. The lowest BCUT2D eigenvalue weighted by molar-refractivity contribution is -0.136. The number of carbonyl (C=O) groups excluding carboxylic acids is 2. The van der Waals surface area contributed by atoms with Crippen LogP contribution in [0, 0.1) is 11.8 Å². The van der Waals surface area contributed by atoms with Gasteiger partial charge in [0.1, 0.15) is 6.04 Å². The first kappa shape index (κ1) is 14.9. The molecular formula is C17H28N2O2. The summed E-state index contributed by atoms with van der Waals surface area (Å²) in [5.74, 6) is 1.31. The zero-order valence-corrected chi connectivity index (χ0v) is 13.1. The Hall–Kier alpha value is -1.06. The van der Waals surface area contributed by atoms with Gasteiger partial charge in [0.15, 0.2) is 0 Å². The lowest BCUT2D eigenvalue weighted by atomic mass is 9.83. The third-order valence-corrected chi connectivity index (χ3v) is 5.51. The van der Waals surface area contributed by atoms with Gasteiger partial charge in [0.05, 0.1) is 0 Å². The highest BCUT2D eigenvalue weighted by molar-refractivity contribution is 5.90. The van der Waals surface area contributed by atoms with Crippen molar-refractivity contribution in [3.63, 3.8) is 0 Å². The van der Waals surface area contributed by atoms with Crippen molar-refractivity contribution in [1.29, 1.82) is 0 Å². The van der Waals surface area contributed by atoms with E-state index in [1.807, 2.05) is 4.90 Å². The van der Waals surface area contributed by atoms with Crippen molar-refractivity contribution >= 4 is 11.8 Å². The van der Waals surface area contributed by atoms with Gasteiger partial charge in [-0.25, -0.2) is 0 Å². The van der Waals surface area contributed by atoms with Crippen molar-refractivity contribution in [2.24, 2.45) is 11.8 Å². The molecule has 3 atom stereocenters. The molecule has 4 heteroatoms. The van der Waals surface area contributed by atoms with E-state index in [0.29, 0.717) is 30.8 Å². The van der Waals surface area contributed by atoms with E-state index in [1.165, 1.54) is 32.1 Å². The molecule has 0 bridgehead atoms. The van der Waals surface area contributed by atoms with Gasteiger partial charge in [-0.2, -0.15) is 0 Å². The minimum absolute atomic E-state index is 0.0640. The molecule has 1 heterocycles. The first-order chi connectivity index (χ1) is 10.2. The number of nitrogens with one attached hydrogen (secondary N) is 1. The van der Waals surface area contributed by atoms with Gasteiger partial charge >= 0.3 is 0 Å². The van der Waals surface area contributed by atoms with E-state index < -0.39 is 0 Å². The Bertz CT molecular complexity index is 404. The fraction of sp³-hybridized carbons (Fsp3) is 0.882. The Kier molecular flexibility index (Phi) is 4.51. The molecule has 3 rings (SSSR count). The maximum atomic E-state index is 12.9. The maximum absolute atomic E-state index is 12.9. The number of rotatable bonds is 4. The summed E-state index contributed by atoms with van der Waals surface area (Å²) in [6, 6.07) is 0.166. The van der Waals surface area contributed by atoms with Crippen LogP contribution in [0.3, 0.4) is 0 Å². The van der Waals surface area contributed by atoms with Crippen LogP contribution in [0.15, 0.2) is 0 Å². The van der Waals surface area contributed by atoms with Crippen LogP contribution in [0.25, 0.3) is 0 Å². The SMILES string of the molecule is CCCC1CC1N1CCC(=O)NC(C2CCCCC2)C1=O. The predicted molar refractivity (Wildman–Crippen MR) is 81.6 cm³/mol. The Balaban J connectivity index is 1.70. The van der Waals surface area contributed by atoms with Crippen LogP contribution in [0.2, 0.25) is 0 Å². The largest absolute Gasteiger partial charge is 0.344 e. The van der Waals surface area contributed by atoms with E-state index in [9.17, 15) is 9.59 Å². The molecule has 118 valence electrons. The molecule has 1 saturated heterocycles. The molecule has 0 spiro atoms. The second kappa shape index (κ2) is 6.37. The number of hydrogen-bond donors (Lipinski definition) is 1. The van der Waals surface area contributed by atoms with Crippen LogP contribution in [-0.4, -0.2) is 35.3 Å². The summed E-state index contributed by atoms with van der Waals surface area (Å²) in [6.45, 7) is 2.83. The van der Waals surface area contributed by atoms with Crippen molar-refractivity contribution in [1.82, 2.24) is 10.2 Å². The number of carbonyl (C=O) groups is 2. The molecule has 1 N–H and O–H groups in total. The topological polar surface area (TPSA) is 49.4 Å². The molecule has 3 fully saturated rings. The monoisotopic (exact) mass is 292 g/mol. The van der Waals surface area contributed by atoms with Crippen molar-refractivity contribution in [3.05, 3.63) is 0 Å². The molecule has 3 aliphatic rings. The highest BCUT2D eigenvalue weighted by Crippen LogP contribution is 2.40. The summed E-state index contributed by atoms with van der Waals surface area (Å²) in [7, 11) is 0. The quantitative estimate of drug-likeness (QED) is 0.865. The van der Waals surface area contributed by atoms with Crippen molar-refractivity contribution in [2.45, 2.75) is 76.8 Å². The highest BCUT2D eigenvalue weighted by Gasteiger charge is 2.46. The van der Waals surface area contributed by atoms with E-state index in [-0.39, 0.29) is 17.9 Å². The average molecular weight is 292 g/mol. The second-order valence-corrected chi connectivity index (χ2v) is 7.08. The van der Waals surface area contributed by atoms with Crippen molar-refractivity contribution < 1.29 is 9.59 Å². The Morgan fingerprint density at radius 3 is 2.67 bits per heavy atom. The van der Waals surface area contributed by atoms with Crippen LogP contribution in [0.1, 0.15) is 64.7 Å². The van der Waals surface area contributed by atoms with E-state index >= 15 is 0 Å². The smallest absolute Gasteiger partial charge is 0.245 e. The minimum atomic E-state index is -0.247. The molecule has 0 aromatic carbocycles. The fourth-order valence-corrected chi connectivity index (χ4v) is 4.23. The molecule has 2 aliphatic carbocycles. The zero-order valence-electron chi connectivity index (χ0n) is 13.1. The van der Waals surface area contributed by atoms with Crippen molar-refractivity contribution in [2.75, 3.05) is 6.54 Å². The second-order valence-electron chi connectivity index (χ2n) is 7.08. The molecule has 0 radical (unpaired) electrons. The lowest BCUT2D eigenvalue weighted by Crippen LogP contribution is -2.50. The maximum Gasteiger partial charge on any atom is 0.245 e. The summed E-state index contributed by atoms with van der Waals surface area (Å²) in [5, 5.41) is 3.03. The third kappa shape index (κ3) is 3.24. The predicted octanol–water partition coefficient (Wildman–Crippen LogP) is 2.47. The summed E-state index contributed by atoms with van der Waals surface area (Å²) in [5.41, 5.74) is 0. The Morgan fingerprint density at radius 2 is 1.95 bits per heavy atom. The molecule has 3 unspecified atom stereocenters. The number of amides is 2. The first-order valence-electron chi connectivity index (χ1n) is 8.80. The van der Waals surface area contributed by atoms with Gasteiger partial charge in [-0.05, 0) is 37.5 Å². The first-order valence-corrected chi connectivity index (χ1v) is 8.80. The van der Waals surface area contributed by atoms with Crippen LogP contribution < -0.4 is 5.32 Å². The van der Waals surface area contributed by atoms with Crippen LogP contribution in [0.5, 0.6) is 0 Å². The molecule has 0 aromatic rings. The summed E-state index contributed by atoms with van der Waals surface area (Å²) >= 11 is 0. The molecular weight excluding hydrogens is 264 g/mol. The molecule has 2 amide bonds. The molecule has 2 saturated carbocycles. The minimum Gasteiger partial charge on any atom is -0.344 e. The number of hydrogen-bond acceptors (Lipinski definition) is 2. The Labute approximate surface area is 127 Å². The lowest BCUT2D eigenvalue weighted by Gasteiger charge is -2.32. The fourth-order valence-electron chi connectivity index (χ4n) is 4.23. The van der Waals surface area contributed by atoms with E-state index in [4.69, 9.17) is 0 Å². The van der Waals surface area contributed by atoms with Crippen molar-refractivity contribution in [3.8, 4) is 0 Å². The van der Waals surface area contributed by atoms with Gasteiger partial charge in [0, 0.05) is 19.0 Å². The standard InChI is InChI=1S/C17H28N2O2/c1-2-6-13-11-14(13)19-10-9-15(20)18-16(17(19)21)12-7-4-3-5-8-12/h12-14,16H,2-11H2,1H3,(H,18,20). The van der Waals surface area contributed by atoms with Crippen LogP contribution in [-0.2, 0) is 9.59 Å². The molecule has 1 aliphatic heterocycles. The average Bonchev–Trinajstić information content (AvgIpc) is 3.26. The molecule has 21 heavy (non-hydrogen) atoms. The summed E-state index contributed by atoms with van der Waals surface area (Å²) < 4.78 is 0. The van der Waals surface area contributed by atoms with E-state index in [0.717, 1.165) is 19.3 Å². The van der Waals surface area contributed by atoms with Crippen LogP contribution in [0.4, 0.5) is 0 Å². The molecule has 0 aromatic heterocycles. The van der Waals surface area contributed by atoms with Gasteiger partial charge in [-0.15, -0.1) is 0 Å². The summed E-state index contributed by atoms with van der Waals surface area (Å²) in [4.78, 5) is 27.0. The molecule has 4 nitrogen and oxygen atoms in total. The van der Waals surface area contributed by atoms with Crippen LogP contribution >= 0.6 is 0 Å². The van der Waals surface area contributed by atoms with Gasteiger partial charge in [0.2, 0.25) is 11.8 Å². The zero-order chi connectivity index (χ0) is 14.8. The number of nitrogens with zero attached hydrogens (tertiary/aromatic N) is 1. The van der Waals surface area contributed by atoms with Gasteiger partial charge in [-0.3, -0.25) is 9.59 Å². The third-order valence-electron chi connectivity index (χ3n) is 5.51. The highest BCUT2D eigenvalue weighted by atomic mass is 16.2. The normalized spacial score (nSPS) is 34.5. The van der Waals surface area contributed by atoms with E-state index in [2.05, 4.69) is 12.2 Å². The summed E-state index contributed by atoms with van der Waals surface area (Å²) in [6.07, 6.45) is 9.88. The van der Waals surface area contributed by atoms with E-state index in [1.54, 1.807) is 0 Å².